The highest BCUT2D eigenvalue weighted by Gasteiger charge is 2.20. The molecule has 0 amide bonds. The third-order valence-corrected chi connectivity index (χ3v) is 4.91. The maximum atomic E-state index is 12.6. The Balaban J connectivity index is 2.30. The minimum Gasteiger partial charge on any atom is -0.383 e. The molecule has 0 unspecified atom stereocenters. The minimum atomic E-state index is -3.67. The number of anilines is 1. The highest BCUT2D eigenvalue weighted by atomic mass is 32.2. The van der Waals surface area contributed by atoms with Crippen LogP contribution in [0.1, 0.15) is 30.9 Å². The van der Waals surface area contributed by atoms with Crippen molar-refractivity contribution in [2.24, 2.45) is 0 Å². The third kappa shape index (κ3) is 4.11. The summed E-state index contributed by atoms with van der Waals surface area (Å²) in [5, 5.41) is 4.06. The second kappa shape index (κ2) is 7.14. The maximum Gasteiger partial charge on any atom is 0.265 e. The van der Waals surface area contributed by atoms with Crippen molar-refractivity contribution in [1.29, 1.82) is 0 Å². The Bertz CT molecular complexity index is 767. The van der Waals surface area contributed by atoms with E-state index in [-0.39, 0.29) is 10.8 Å². The van der Waals surface area contributed by atoms with Crippen LogP contribution in [0, 0.1) is 6.92 Å². The van der Waals surface area contributed by atoms with Crippen molar-refractivity contribution in [1.82, 2.24) is 9.78 Å². The van der Waals surface area contributed by atoms with Crippen LogP contribution in [0.15, 0.2) is 35.5 Å². The molecular formula is C16H23N3O3S. The number of nitrogens with one attached hydrogen (secondary N) is 1. The van der Waals surface area contributed by atoms with Gasteiger partial charge >= 0.3 is 0 Å². The fourth-order valence-corrected chi connectivity index (χ4v) is 3.41. The Morgan fingerprint density at radius 3 is 2.74 bits per heavy atom. The number of nitrogens with zero attached hydrogens (tertiary/aromatic N) is 2. The van der Waals surface area contributed by atoms with E-state index in [2.05, 4.69) is 9.82 Å². The van der Waals surface area contributed by atoms with E-state index >= 15 is 0 Å². The summed E-state index contributed by atoms with van der Waals surface area (Å²) in [4.78, 5) is 0.145. The number of ether oxygens (including phenoxy) is 1. The molecule has 2 rings (SSSR count). The predicted molar refractivity (Wildman–Crippen MR) is 90.2 cm³/mol. The number of benzene rings is 1. The molecule has 0 atom stereocenters. The molecule has 6 nitrogen and oxygen atoms in total. The highest BCUT2D eigenvalue weighted by Crippen LogP contribution is 2.29. The molecule has 0 fully saturated rings. The van der Waals surface area contributed by atoms with E-state index in [9.17, 15) is 8.42 Å². The summed E-state index contributed by atoms with van der Waals surface area (Å²) >= 11 is 0. The van der Waals surface area contributed by atoms with Crippen LogP contribution in [0.3, 0.4) is 0 Å². The van der Waals surface area contributed by atoms with Crippen molar-refractivity contribution in [3.05, 3.63) is 41.7 Å². The van der Waals surface area contributed by atoms with Gasteiger partial charge in [-0.25, -0.2) is 8.42 Å². The maximum absolute atomic E-state index is 12.6. The Kier molecular flexibility index (Phi) is 5.43. The van der Waals surface area contributed by atoms with Crippen LogP contribution in [-0.4, -0.2) is 31.9 Å². The number of rotatable bonds is 7. The summed E-state index contributed by atoms with van der Waals surface area (Å²) in [5.74, 6) is 0.219. The lowest BCUT2D eigenvalue weighted by atomic mass is 9.99. The second-order valence-corrected chi connectivity index (χ2v) is 7.41. The zero-order valence-electron chi connectivity index (χ0n) is 13.9. The summed E-state index contributed by atoms with van der Waals surface area (Å²) in [6.45, 7) is 6.95. The first-order valence-electron chi connectivity index (χ1n) is 7.49. The van der Waals surface area contributed by atoms with Crippen LogP contribution >= 0.6 is 0 Å². The van der Waals surface area contributed by atoms with Gasteiger partial charge in [-0.2, -0.15) is 5.10 Å². The van der Waals surface area contributed by atoms with Gasteiger partial charge in [0.05, 0.1) is 25.0 Å². The largest absolute Gasteiger partial charge is 0.383 e. The fourth-order valence-electron chi connectivity index (χ4n) is 2.29. The molecule has 0 aliphatic carbocycles. The van der Waals surface area contributed by atoms with E-state index in [0.717, 1.165) is 11.1 Å². The van der Waals surface area contributed by atoms with Gasteiger partial charge in [-0.15, -0.1) is 0 Å². The number of aromatic nitrogens is 2. The molecule has 0 bridgehead atoms. The lowest BCUT2D eigenvalue weighted by Gasteiger charge is -2.16. The molecule has 0 aliphatic rings. The summed E-state index contributed by atoms with van der Waals surface area (Å²) in [5.41, 5.74) is 2.51. The van der Waals surface area contributed by atoms with E-state index in [1.54, 1.807) is 11.8 Å². The van der Waals surface area contributed by atoms with E-state index < -0.39 is 10.0 Å². The first kappa shape index (κ1) is 17.5. The molecule has 126 valence electrons. The van der Waals surface area contributed by atoms with Crippen LogP contribution in [0.4, 0.5) is 5.69 Å². The monoisotopic (exact) mass is 337 g/mol. The third-order valence-electron chi connectivity index (χ3n) is 3.61. The fraction of sp³-hybridized carbons (Fsp3) is 0.438. The number of para-hydroxylation sites is 1. The van der Waals surface area contributed by atoms with Crippen LogP contribution in [0.2, 0.25) is 0 Å². The van der Waals surface area contributed by atoms with Crippen LogP contribution in [0.25, 0.3) is 0 Å². The van der Waals surface area contributed by atoms with Crippen LogP contribution in [-0.2, 0) is 21.3 Å². The Hall–Kier alpha value is -1.86. The van der Waals surface area contributed by atoms with Gasteiger partial charge in [0.25, 0.3) is 10.0 Å². The lowest BCUT2D eigenvalue weighted by molar-refractivity contribution is 0.183. The molecule has 7 heteroatoms. The van der Waals surface area contributed by atoms with Gasteiger partial charge in [0.15, 0.2) is 0 Å². The van der Waals surface area contributed by atoms with Crippen molar-refractivity contribution >= 4 is 15.7 Å². The minimum absolute atomic E-state index is 0.145. The zero-order valence-corrected chi connectivity index (χ0v) is 14.7. The number of hydrogen-bond donors (Lipinski definition) is 1. The zero-order chi connectivity index (χ0) is 17.0. The summed E-state index contributed by atoms with van der Waals surface area (Å²) in [7, 11) is -2.08. The molecule has 2 aromatic rings. The summed E-state index contributed by atoms with van der Waals surface area (Å²) in [6, 6.07) is 5.77. The quantitative estimate of drug-likeness (QED) is 0.843. The Morgan fingerprint density at radius 2 is 2.09 bits per heavy atom. The number of methoxy groups -OCH3 is 1. The lowest BCUT2D eigenvalue weighted by Crippen LogP contribution is -2.15. The van der Waals surface area contributed by atoms with Gasteiger partial charge in [-0.3, -0.25) is 9.40 Å². The van der Waals surface area contributed by atoms with Gasteiger partial charge in [0.1, 0.15) is 4.90 Å². The molecule has 0 saturated carbocycles. The SMILES string of the molecule is COCCn1cc(S(=O)(=O)Nc2c(C)cccc2C(C)C)cn1. The molecule has 0 saturated heterocycles. The van der Waals surface area contributed by atoms with Crippen molar-refractivity contribution < 1.29 is 13.2 Å². The van der Waals surface area contributed by atoms with Gasteiger partial charge in [0, 0.05) is 13.3 Å². The Labute approximate surface area is 137 Å². The predicted octanol–water partition coefficient (Wildman–Crippen LogP) is 2.76. The van der Waals surface area contributed by atoms with Gasteiger partial charge < -0.3 is 4.74 Å². The highest BCUT2D eigenvalue weighted by molar-refractivity contribution is 7.92. The molecule has 23 heavy (non-hydrogen) atoms. The molecule has 1 aromatic heterocycles. The molecule has 1 heterocycles. The van der Waals surface area contributed by atoms with E-state index in [1.165, 1.54) is 12.4 Å². The molecule has 1 N–H and O–H groups in total. The molecular weight excluding hydrogens is 314 g/mol. The van der Waals surface area contributed by atoms with Crippen molar-refractivity contribution in [2.45, 2.75) is 38.1 Å². The van der Waals surface area contributed by atoms with Crippen LogP contribution in [0.5, 0.6) is 0 Å². The average Bonchev–Trinajstić information content (AvgIpc) is 2.96. The van der Waals surface area contributed by atoms with E-state index in [1.807, 2.05) is 39.0 Å². The second-order valence-electron chi connectivity index (χ2n) is 5.73. The van der Waals surface area contributed by atoms with Gasteiger partial charge in [-0.05, 0) is 24.0 Å². The normalized spacial score (nSPS) is 11.9. The molecule has 1 aromatic carbocycles. The number of sulfonamides is 1. The molecule has 0 radical (unpaired) electrons. The van der Waals surface area contributed by atoms with Gasteiger partial charge in [-0.1, -0.05) is 32.0 Å². The van der Waals surface area contributed by atoms with Crippen LogP contribution < -0.4 is 4.72 Å². The number of hydrogen-bond acceptors (Lipinski definition) is 4. The topological polar surface area (TPSA) is 73.2 Å². The summed E-state index contributed by atoms with van der Waals surface area (Å²) in [6.07, 6.45) is 2.86. The summed E-state index contributed by atoms with van der Waals surface area (Å²) < 4.78 is 34.5. The standard InChI is InChI=1S/C16H23N3O3S/c1-12(2)15-7-5-6-13(3)16(15)18-23(20,21)14-10-17-19(11-14)8-9-22-4/h5-7,10-12,18H,8-9H2,1-4H3. The Morgan fingerprint density at radius 1 is 1.35 bits per heavy atom. The van der Waals surface area contributed by atoms with E-state index in [4.69, 9.17) is 4.74 Å². The van der Waals surface area contributed by atoms with Gasteiger partial charge in [0.2, 0.25) is 0 Å². The van der Waals surface area contributed by atoms with E-state index in [0.29, 0.717) is 18.8 Å². The van der Waals surface area contributed by atoms with Crippen molar-refractivity contribution in [3.8, 4) is 0 Å². The van der Waals surface area contributed by atoms with Crippen molar-refractivity contribution in [2.75, 3.05) is 18.4 Å². The molecule has 0 spiro atoms. The first-order valence-corrected chi connectivity index (χ1v) is 8.97. The smallest absolute Gasteiger partial charge is 0.265 e. The molecule has 0 aliphatic heterocycles. The number of aryl methyl sites for hydroxylation is 1. The average molecular weight is 337 g/mol. The first-order chi connectivity index (χ1) is 10.8. The van der Waals surface area contributed by atoms with Crippen molar-refractivity contribution in [3.63, 3.8) is 0 Å².